The zero-order valence-corrected chi connectivity index (χ0v) is 12.4. The van der Waals surface area contributed by atoms with Gasteiger partial charge < -0.3 is 15.5 Å². The van der Waals surface area contributed by atoms with E-state index in [1.54, 1.807) is 4.90 Å². The fourth-order valence-electron chi connectivity index (χ4n) is 2.54. The van der Waals surface area contributed by atoms with Gasteiger partial charge in [0.1, 0.15) is 0 Å². The predicted molar refractivity (Wildman–Crippen MR) is 75.7 cm³/mol. The Morgan fingerprint density at radius 1 is 1.32 bits per heavy atom. The average molecular weight is 269 g/mol. The summed E-state index contributed by atoms with van der Waals surface area (Å²) in [5, 5.41) is 6.22. The van der Waals surface area contributed by atoms with Crippen molar-refractivity contribution in [2.45, 2.75) is 46.1 Å². The molecule has 2 unspecified atom stereocenters. The molecule has 1 rings (SSSR count). The van der Waals surface area contributed by atoms with Crippen molar-refractivity contribution in [1.29, 1.82) is 0 Å². The second-order valence-corrected chi connectivity index (χ2v) is 5.18. The minimum Gasteiger partial charge on any atom is -0.355 e. The Balaban J connectivity index is 2.25. The summed E-state index contributed by atoms with van der Waals surface area (Å²) < 4.78 is 0. The molecule has 1 aliphatic rings. The van der Waals surface area contributed by atoms with Gasteiger partial charge in [-0.25, -0.2) is 0 Å². The number of nitrogens with zero attached hydrogens (tertiary/aromatic N) is 1. The zero-order chi connectivity index (χ0) is 14.3. The van der Waals surface area contributed by atoms with E-state index in [0.29, 0.717) is 19.0 Å². The quantitative estimate of drug-likeness (QED) is 0.748. The molecule has 1 fully saturated rings. The largest absolute Gasteiger partial charge is 0.355 e. The minimum absolute atomic E-state index is 0.0970. The number of hydrogen-bond donors (Lipinski definition) is 2. The summed E-state index contributed by atoms with van der Waals surface area (Å²) in [5.74, 6) is 0.310. The molecule has 2 amide bonds. The zero-order valence-electron chi connectivity index (χ0n) is 12.4. The van der Waals surface area contributed by atoms with Gasteiger partial charge in [-0.3, -0.25) is 9.59 Å². The van der Waals surface area contributed by atoms with E-state index in [9.17, 15) is 9.59 Å². The molecule has 2 N–H and O–H groups in total. The maximum atomic E-state index is 12.0. The van der Waals surface area contributed by atoms with Crippen LogP contribution in [0.4, 0.5) is 0 Å². The molecule has 5 nitrogen and oxygen atoms in total. The van der Waals surface area contributed by atoms with Gasteiger partial charge >= 0.3 is 0 Å². The van der Waals surface area contributed by atoms with E-state index < -0.39 is 0 Å². The number of amides is 2. The van der Waals surface area contributed by atoms with E-state index in [2.05, 4.69) is 17.6 Å². The third-order valence-electron chi connectivity index (χ3n) is 3.75. The summed E-state index contributed by atoms with van der Waals surface area (Å²) in [6.45, 7) is 8.85. The van der Waals surface area contributed by atoms with Crippen LogP contribution in [0.2, 0.25) is 0 Å². The Bertz CT molecular complexity index is 303. The Hall–Kier alpha value is -1.10. The van der Waals surface area contributed by atoms with Crippen LogP contribution in [0.1, 0.15) is 40.0 Å². The molecule has 1 saturated heterocycles. The van der Waals surface area contributed by atoms with Crippen LogP contribution >= 0.6 is 0 Å². The van der Waals surface area contributed by atoms with Gasteiger partial charge in [0.05, 0.1) is 0 Å². The van der Waals surface area contributed by atoms with Gasteiger partial charge in [0.25, 0.3) is 0 Å². The number of nitrogens with one attached hydrogen (secondary N) is 2. The number of rotatable bonds is 6. The van der Waals surface area contributed by atoms with Crippen molar-refractivity contribution in [2.24, 2.45) is 5.92 Å². The van der Waals surface area contributed by atoms with Gasteiger partial charge in [-0.15, -0.1) is 0 Å². The van der Waals surface area contributed by atoms with Crippen LogP contribution < -0.4 is 10.6 Å². The first-order valence-electron chi connectivity index (χ1n) is 7.37. The average Bonchev–Trinajstić information content (AvgIpc) is 2.40. The van der Waals surface area contributed by atoms with Crippen LogP contribution in [-0.2, 0) is 9.59 Å². The molecule has 0 aromatic rings. The summed E-state index contributed by atoms with van der Waals surface area (Å²) in [6, 6.07) is 0.404. The van der Waals surface area contributed by atoms with Crippen molar-refractivity contribution >= 4 is 11.8 Å². The molecule has 0 saturated carbocycles. The van der Waals surface area contributed by atoms with Crippen molar-refractivity contribution in [3.63, 3.8) is 0 Å². The number of carbonyl (C=O) groups excluding carboxylic acids is 2. The molecule has 1 aliphatic heterocycles. The molecule has 0 aromatic carbocycles. The van der Waals surface area contributed by atoms with Crippen molar-refractivity contribution in [3.05, 3.63) is 0 Å². The molecule has 0 bridgehead atoms. The van der Waals surface area contributed by atoms with Gasteiger partial charge in [-0.1, -0.05) is 0 Å². The third kappa shape index (κ3) is 5.19. The lowest BCUT2D eigenvalue weighted by Gasteiger charge is -2.27. The minimum atomic E-state index is 0.0970. The Kier molecular flexibility index (Phi) is 6.84. The first-order valence-corrected chi connectivity index (χ1v) is 7.37. The van der Waals surface area contributed by atoms with Crippen LogP contribution in [0.15, 0.2) is 0 Å². The topological polar surface area (TPSA) is 61.4 Å². The van der Waals surface area contributed by atoms with E-state index in [1.165, 1.54) is 0 Å². The summed E-state index contributed by atoms with van der Waals surface area (Å²) in [6.07, 6.45) is 2.17. The summed E-state index contributed by atoms with van der Waals surface area (Å²) in [5.41, 5.74) is 0. The van der Waals surface area contributed by atoms with E-state index in [0.717, 1.165) is 32.5 Å². The van der Waals surface area contributed by atoms with Crippen molar-refractivity contribution in [1.82, 2.24) is 15.5 Å². The SMILES string of the molecule is CCN(CC)C(=O)CCNC(=O)C1CCNC(C)C1. The smallest absolute Gasteiger partial charge is 0.224 e. The van der Waals surface area contributed by atoms with Crippen molar-refractivity contribution in [3.8, 4) is 0 Å². The molecule has 5 heteroatoms. The number of hydrogen-bond acceptors (Lipinski definition) is 3. The normalized spacial score (nSPS) is 22.9. The summed E-state index contributed by atoms with van der Waals surface area (Å²) >= 11 is 0. The van der Waals surface area contributed by atoms with Crippen LogP contribution in [0.5, 0.6) is 0 Å². The van der Waals surface area contributed by atoms with Gasteiger partial charge in [-0.05, 0) is 40.2 Å². The lowest BCUT2D eigenvalue weighted by molar-refractivity contribution is -0.131. The Labute approximate surface area is 116 Å². The molecule has 2 atom stereocenters. The molecular formula is C14H27N3O2. The van der Waals surface area contributed by atoms with E-state index in [4.69, 9.17) is 0 Å². The first-order chi connectivity index (χ1) is 9.08. The van der Waals surface area contributed by atoms with Crippen LogP contribution in [0, 0.1) is 5.92 Å². The monoisotopic (exact) mass is 269 g/mol. The Morgan fingerprint density at radius 3 is 2.58 bits per heavy atom. The number of carbonyl (C=O) groups is 2. The van der Waals surface area contributed by atoms with Crippen molar-refractivity contribution in [2.75, 3.05) is 26.2 Å². The second kappa shape index (κ2) is 8.15. The van der Waals surface area contributed by atoms with Gasteiger partial charge in [0, 0.05) is 38.0 Å². The highest BCUT2D eigenvalue weighted by Gasteiger charge is 2.24. The molecule has 19 heavy (non-hydrogen) atoms. The van der Waals surface area contributed by atoms with Gasteiger partial charge in [-0.2, -0.15) is 0 Å². The standard InChI is InChI=1S/C14H27N3O2/c1-4-17(5-2)13(18)7-9-16-14(19)12-6-8-15-11(3)10-12/h11-12,15H,4-10H2,1-3H3,(H,16,19). The highest BCUT2D eigenvalue weighted by atomic mass is 16.2. The first kappa shape index (κ1) is 16.0. The van der Waals surface area contributed by atoms with Crippen LogP contribution in [0.3, 0.4) is 0 Å². The lowest BCUT2D eigenvalue weighted by Crippen LogP contribution is -2.43. The highest BCUT2D eigenvalue weighted by Crippen LogP contribution is 2.15. The maximum Gasteiger partial charge on any atom is 0.224 e. The van der Waals surface area contributed by atoms with E-state index in [-0.39, 0.29) is 17.7 Å². The molecule has 0 radical (unpaired) electrons. The Morgan fingerprint density at radius 2 is 2.00 bits per heavy atom. The molecular weight excluding hydrogens is 242 g/mol. The number of piperidine rings is 1. The summed E-state index contributed by atoms with van der Waals surface area (Å²) in [7, 11) is 0. The molecule has 0 spiro atoms. The second-order valence-electron chi connectivity index (χ2n) is 5.18. The van der Waals surface area contributed by atoms with Gasteiger partial charge in [0.15, 0.2) is 0 Å². The van der Waals surface area contributed by atoms with Crippen LogP contribution in [0.25, 0.3) is 0 Å². The fraction of sp³-hybridized carbons (Fsp3) is 0.857. The maximum absolute atomic E-state index is 12.0. The summed E-state index contributed by atoms with van der Waals surface area (Å²) in [4.78, 5) is 25.5. The molecule has 0 aliphatic carbocycles. The predicted octanol–water partition coefficient (Wildman–Crippen LogP) is 0.749. The molecule has 0 aromatic heterocycles. The molecule has 1 heterocycles. The van der Waals surface area contributed by atoms with E-state index in [1.807, 2.05) is 13.8 Å². The van der Waals surface area contributed by atoms with E-state index >= 15 is 0 Å². The lowest BCUT2D eigenvalue weighted by atomic mass is 9.92. The van der Waals surface area contributed by atoms with Crippen molar-refractivity contribution < 1.29 is 9.59 Å². The highest BCUT2D eigenvalue weighted by molar-refractivity contribution is 5.80. The van der Waals surface area contributed by atoms with Crippen LogP contribution in [-0.4, -0.2) is 48.9 Å². The molecule has 110 valence electrons. The van der Waals surface area contributed by atoms with Gasteiger partial charge in [0.2, 0.25) is 11.8 Å². The third-order valence-corrected chi connectivity index (χ3v) is 3.75. The fourth-order valence-corrected chi connectivity index (χ4v) is 2.54.